The Kier molecular flexibility index (Phi) is 6.39. The fourth-order valence-corrected chi connectivity index (χ4v) is 5.11. The molecule has 9 nitrogen and oxygen atoms in total. The van der Waals surface area contributed by atoms with Gasteiger partial charge in [0, 0.05) is 49.4 Å². The molecule has 0 radical (unpaired) electrons. The molecule has 1 fully saturated rings. The minimum absolute atomic E-state index is 0.0494. The zero-order valence-electron chi connectivity index (χ0n) is 19.7. The van der Waals surface area contributed by atoms with Gasteiger partial charge in [0.25, 0.3) is 23.1 Å². The highest BCUT2D eigenvalue weighted by Gasteiger charge is 2.37. The third-order valence-corrected chi connectivity index (χ3v) is 6.76. The van der Waals surface area contributed by atoms with Gasteiger partial charge < -0.3 is 14.8 Å². The fourth-order valence-electron chi connectivity index (χ4n) is 5.11. The normalized spacial score (nSPS) is 18.6. The summed E-state index contributed by atoms with van der Waals surface area (Å²) in [4.78, 5) is 51.3. The summed E-state index contributed by atoms with van der Waals surface area (Å²) in [7, 11) is 0. The first kappa shape index (κ1) is 24.1. The molecule has 2 aliphatic heterocycles. The predicted octanol–water partition coefficient (Wildman–Crippen LogP) is 3.31. The van der Waals surface area contributed by atoms with E-state index in [1.54, 1.807) is 21.6 Å². The molecule has 2 atom stereocenters. The predicted molar refractivity (Wildman–Crippen MR) is 133 cm³/mol. The van der Waals surface area contributed by atoms with E-state index in [9.17, 15) is 28.9 Å². The number of nitro groups is 1. The number of carbonyl (C=O) groups is 2. The molecule has 0 aliphatic carbocycles. The van der Waals surface area contributed by atoms with E-state index in [1.165, 1.54) is 48.5 Å². The number of hydrogen-bond acceptors (Lipinski definition) is 5. The second kappa shape index (κ2) is 9.81. The van der Waals surface area contributed by atoms with Gasteiger partial charge >= 0.3 is 0 Å². The largest absolute Gasteiger partial charge is 0.336 e. The number of nitrogens with one attached hydrogen (secondary N) is 1. The summed E-state index contributed by atoms with van der Waals surface area (Å²) in [5.41, 5.74) is 0.593. The van der Waals surface area contributed by atoms with Gasteiger partial charge in [0.05, 0.1) is 10.5 Å². The van der Waals surface area contributed by atoms with Crippen LogP contribution in [-0.2, 0) is 11.3 Å². The standard InChI is InChI=1S/C27H23FN4O5/c28-22-8-2-1-7-21(22)26(34)29-23(13-17-5-3-6-20(12-17)32(36)37)27(35)30-14-18-11-19(16-30)24-9-4-10-25(33)31(24)15-18/h1-10,12-13,18-19H,11,14-16H2,(H,29,34). The molecule has 0 saturated carbocycles. The molecule has 1 N–H and O–H groups in total. The molecule has 10 heteroatoms. The summed E-state index contributed by atoms with van der Waals surface area (Å²) in [6, 6.07) is 16.2. The quantitative estimate of drug-likeness (QED) is 0.327. The second-order valence-corrected chi connectivity index (χ2v) is 9.25. The Balaban J connectivity index is 1.48. The van der Waals surface area contributed by atoms with Crippen molar-refractivity contribution in [2.45, 2.75) is 18.9 Å². The lowest BCUT2D eigenvalue weighted by Crippen LogP contribution is -2.50. The number of aromatic nitrogens is 1. The van der Waals surface area contributed by atoms with Gasteiger partial charge in [0.2, 0.25) is 0 Å². The third kappa shape index (κ3) is 4.90. The summed E-state index contributed by atoms with van der Waals surface area (Å²) < 4.78 is 16.0. The summed E-state index contributed by atoms with van der Waals surface area (Å²) in [5.74, 6) is -2.03. The van der Waals surface area contributed by atoms with Crippen LogP contribution in [0, 0.1) is 21.8 Å². The Labute approximate surface area is 211 Å². The number of benzene rings is 2. The number of fused-ring (bicyclic) bond motifs is 4. The molecule has 3 aromatic rings. The first-order valence-corrected chi connectivity index (χ1v) is 11.8. The van der Waals surface area contributed by atoms with Gasteiger partial charge in [-0.2, -0.15) is 0 Å². The number of carbonyl (C=O) groups excluding carboxylic acids is 2. The maximum atomic E-state index is 14.3. The molecule has 2 aromatic carbocycles. The number of pyridine rings is 1. The second-order valence-electron chi connectivity index (χ2n) is 9.25. The van der Waals surface area contributed by atoms with E-state index in [1.807, 2.05) is 6.07 Å². The van der Waals surface area contributed by atoms with E-state index in [4.69, 9.17) is 0 Å². The van der Waals surface area contributed by atoms with Crippen LogP contribution in [-0.4, -0.2) is 39.3 Å². The van der Waals surface area contributed by atoms with Crippen LogP contribution in [0.3, 0.4) is 0 Å². The summed E-state index contributed by atoms with van der Waals surface area (Å²) in [5, 5.41) is 13.8. The van der Waals surface area contributed by atoms with Crippen molar-refractivity contribution in [2.75, 3.05) is 13.1 Å². The van der Waals surface area contributed by atoms with Crippen molar-refractivity contribution in [1.29, 1.82) is 0 Å². The van der Waals surface area contributed by atoms with Gasteiger partial charge in [-0.15, -0.1) is 0 Å². The Bertz CT molecular complexity index is 1500. The number of halogens is 1. The number of non-ortho nitro benzene ring substituents is 1. The molecule has 37 heavy (non-hydrogen) atoms. The topological polar surface area (TPSA) is 115 Å². The zero-order chi connectivity index (χ0) is 26.1. The van der Waals surface area contributed by atoms with Crippen molar-refractivity contribution in [3.8, 4) is 0 Å². The van der Waals surface area contributed by atoms with E-state index >= 15 is 0 Å². The molecular formula is C27H23FN4O5. The van der Waals surface area contributed by atoms with Gasteiger partial charge in [-0.3, -0.25) is 24.5 Å². The zero-order valence-corrected chi connectivity index (χ0v) is 19.7. The summed E-state index contributed by atoms with van der Waals surface area (Å²) in [6.45, 7) is 1.19. The SMILES string of the molecule is O=C(NC(=Cc1cccc([N+](=O)[O-])c1)C(=O)N1CC2CC(C1)c1cccc(=O)n1C2)c1ccccc1F. The van der Waals surface area contributed by atoms with Crippen LogP contribution in [0.15, 0.2) is 77.2 Å². The summed E-state index contributed by atoms with van der Waals surface area (Å²) >= 11 is 0. The van der Waals surface area contributed by atoms with Crippen LogP contribution < -0.4 is 10.9 Å². The molecule has 2 unspecified atom stereocenters. The highest BCUT2D eigenvalue weighted by molar-refractivity contribution is 6.05. The Hall–Kier alpha value is -4.60. The van der Waals surface area contributed by atoms with Gasteiger partial charge in [-0.25, -0.2) is 4.39 Å². The number of piperidine rings is 1. The van der Waals surface area contributed by atoms with Crippen molar-refractivity contribution in [3.63, 3.8) is 0 Å². The average Bonchev–Trinajstić information content (AvgIpc) is 2.89. The maximum absolute atomic E-state index is 14.3. The van der Waals surface area contributed by atoms with Crippen molar-refractivity contribution < 1.29 is 18.9 Å². The molecule has 2 amide bonds. The van der Waals surface area contributed by atoms with Crippen LogP contribution in [0.1, 0.15) is 34.0 Å². The number of nitro benzene ring substituents is 1. The van der Waals surface area contributed by atoms with Crippen LogP contribution in [0.5, 0.6) is 0 Å². The highest BCUT2D eigenvalue weighted by atomic mass is 19.1. The van der Waals surface area contributed by atoms with E-state index in [0.717, 1.165) is 18.2 Å². The van der Waals surface area contributed by atoms with Crippen LogP contribution in [0.4, 0.5) is 10.1 Å². The number of hydrogen-bond donors (Lipinski definition) is 1. The molecular weight excluding hydrogens is 479 g/mol. The van der Waals surface area contributed by atoms with Crippen molar-refractivity contribution in [1.82, 2.24) is 14.8 Å². The number of rotatable bonds is 5. The lowest BCUT2D eigenvalue weighted by atomic mass is 9.83. The maximum Gasteiger partial charge on any atom is 0.270 e. The summed E-state index contributed by atoms with van der Waals surface area (Å²) in [6.07, 6.45) is 2.19. The van der Waals surface area contributed by atoms with E-state index in [2.05, 4.69) is 5.32 Å². The average molecular weight is 503 g/mol. The number of nitrogens with zero attached hydrogens (tertiary/aromatic N) is 3. The number of likely N-dealkylation sites (tertiary alicyclic amines) is 1. The van der Waals surface area contributed by atoms with Gasteiger partial charge in [-0.05, 0) is 42.2 Å². The van der Waals surface area contributed by atoms with E-state index in [0.29, 0.717) is 25.2 Å². The molecule has 2 aliphatic rings. The van der Waals surface area contributed by atoms with Crippen molar-refractivity contribution >= 4 is 23.6 Å². The van der Waals surface area contributed by atoms with Gasteiger partial charge in [0.1, 0.15) is 11.5 Å². The molecule has 188 valence electrons. The van der Waals surface area contributed by atoms with Crippen molar-refractivity contribution in [3.05, 3.63) is 116 Å². The Morgan fingerprint density at radius 2 is 1.81 bits per heavy atom. The van der Waals surface area contributed by atoms with Gasteiger partial charge in [-0.1, -0.05) is 30.3 Å². The Morgan fingerprint density at radius 3 is 2.59 bits per heavy atom. The van der Waals surface area contributed by atoms with E-state index in [-0.39, 0.29) is 34.3 Å². The monoisotopic (exact) mass is 502 g/mol. The van der Waals surface area contributed by atoms with Gasteiger partial charge in [0.15, 0.2) is 0 Å². The molecule has 3 heterocycles. The lowest BCUT2D eigenvalue weighted by molar-refractivity contribution is -0.384. The molecule has 1 saturated heterocycles. The lowest BCUT2D eigenvalue weighted by Gasteiger charge is -2.43. The molecule has 2 bridgehead atoms. The number of amides is 2. The van der Waals surface area contributed by atoms with Crippen LogP contribution in [0.25, 0.3) is 6.08 Å². The molecule has 1 aromatic heterocycles. The minimum atomic E-state index is -0.808. The Morgan fingerprint density at radius 1 is 1.03 bits per heavy atom. The highest BCUT2D eigenvalue weighted by Crippen LogP contribution is 2.35. The van der Waals surface area contributed by atoms with Crippen LogP contribution in [0.2, 0.25) is 0 Å². The first-order valence-electron chi connectivity index (χ1n) is 11.8. The molecule has 0 spiro atoms. The fraction of sp³-hybridized carbons (Fsp3) is 0.222. The molecule has 5 rings (SSSR count). The third-order valence-electron chi connectivity index (χ3n) is 6.76. The van der Waals surface area contributed by atoms with E-state index < -0.39 is 22.6 Å². The van der Waals surface area contributed by atoms with Crippen LogP contribution >= 0.6 is 0 Å². The minimum Gasteiger partial charge on any atom is -0.336 e. The first-order chi connectivity index (χ1) is 17.8. The van der Waals surface area contributed by atoms with Crippen molar-refractivity contribution in [2.24, 2.45) is 5.92 Å². The smallest absolute Gasteiger partial charge is 0.270 e.